The summed E-state index contributed by atoms with van der Waals surface area (Å²) in [6.45, 7) is 2.17. The molecule has 0 amide bonds. The van der Waals surface area contributed by atoms with Crippen molar-refractivity contribution in [2.45, 2.75) is 50.5 Å². The molecule has 0 aliphatic carbocycles. The average molecular weight is 217 g/mol. The first-order valence-electron chi connectivity index (χ1n) is 5.71. The van der Waals surface area contributed by atoms with Gasteiger partial charge in [-0.05, 0) is 33.4 Å². The van der Waals surface area contributed by atoms with Gasteiger partial charge in [0, 0.05) is 12.6 Å². The SMILES string of the molecule is CC[C@@H]1O[C@H](CCO)C[C@H](N(C)C)[C@H]1O. The average Bonchev–Trinajstić information content (AvgIpc) is 2.20. The molecule has 1 saturated heterocycles. The van der Waals surface area contributed by atoms with E-state index in [2.05, 4.69) is 0 Å². The Bertz CT molecular complexity index is 187. The van der Waals surface area contributed by atoms with Crippen LogP contribution in [0, 0.1) is 0 Å². The molecule has 15 heavy (non-hydrogen) atoms. The molecule has 4 nitrogen and oxygen atoms in total. The summed E-state index contributed by atoms with van der Waals surface area (Å²) in [5.74, 6) is 0. The van der Waals surface area contributed by atoms with Crippen LogP contribution < -0.4 is 0 Å². The van der Waals surface area contributed by atoms with Crippen molar-refractivity contribution in [3.63, 3.8) is 0 Å². The summed E-state index contributed by atoms with van der Waals surface area (Å²) in [6, 6.07) is 0.139. The lowest BCUT2D eigenvalue weighted by molar-refractivity contribution is -0.152. The second kappa shape index (κ2) is 5.80. The summed E-state index contributed by atoms with van der Waals surface area (Å²) in [6.07, 6.45) is 1.84. The number of hydrogen-bond donors (Lipinski definition) is 2. The van der Waals surface area contributed by atoms with Crippen molar-refractivity contribution in [2.24, 2.45) is 0 Å². The Kier molecular flexibility index (Phi) is 4.99. The highest BCUT2D eigenvalue weighted by Gasteiger charge is 2.37. The van der Waals surface area contributed by atoms with E-state index in [-0.39, 0.29) is 24.9 Å². The molecule has 0 aromatic rings. The Morgan fingerprint density at radius 2 is 2.07 bits per heavy atom. The quantitative estimate of drug-likeness (QED) is 0.707. The molecule has 0 spiro atoms. The standard InChI is InChI=1S/C11H23NO3/c1-4-10-11(14)9(12(2)3)7-8(15-10)5-6-13/h8-11,13-14H,4-7H2,1-3H3/t8-,9+,10+,11-/m1/s1. The highest BCUT2D eigenvalue weighted by atomic mass is 16.5. The molecule has 1 aliphatic heterocycles. The fourth-order valence-corrected chi connectivity index (χ4v) is 2.22. The summed E-state index contributed by atoms with van der Waals surface area (Å²) < 4.78 is 5.73. The van der Waals surface area contributed by atoms with Crippen LogP contribution in [0.15, 0.2) is 0 Å². The number of aliphatic hydroxyl groups excluding tert-OH is 2. The molecular weight excluding hydrogens is 194 g/mol. The van der Waals surface area contributed by atoms with E-state index in [4.69, 9.17) is 9.84 Å². The lowest BCUT2D eigenvalue weighted by Crippen LogP contribution is -2.53. The molecule has 2 N–H and O–H groups in total. The van der Waals surface area contributed by atoms with Crippen LogP contribution in [0.3, 0.4) is 0 Å². The lowest BCUT2D eigenvalue weighted by atomic mass is 9.92. The van der Waals surface area contributed by atoms with E-state index < -0.39 is 6.10 Å². The first-order valence-corrected chi connectivity index (χ1v) is 5.71. The Balaban J connectivity index is 2.63. The van der Waals surface area contributed by atoms with E-state index in [1.54, 1.807) is 0 Å². The number of hydrogen-bond acceptors (Lipinski definition) is 4. The molecule has 1 heterocycles. The zero-order valence-corrected chi connectivity index (χ0v) is 9.89. The van der Waals surface area contributed by atoms with Crippen molar-refractivity contribution in [2.75, 3.05) is 20.7 Å². The molecule has 0 unspecified atom stereocenters. The van der Waals surface area contributed by atoms with Gasteiger partial charge in [-0.15, -0.1) is 0 Å². The van der Waals surface area contributed by atoms with Crippen molar-refractivity contribution < 1.29 is 14.9 Å². The van der Waals surface area contributed by atoms with Gasteiger partial charge in [0.05, 0.1) is 18.3 Å². The van der Waals surface area contributed by atoms with Crippen LogP contribution in [0.2, 0.25) is 0 Å². The molecule has 4 atom stereocenters. The van der Waals surface area contributed by atoms with E-state index in [1.807, 2.05) is 25.9 Å². The third-order valence-electron chi connectivity index (χ3n) is 3.16. The predicted molar refractivity (Wildman–Crippen MR) is 58.8 cm³/mol. The second-order valence-corrected chi connectivity index (χ2v) is 4.47. The third kappa shape index (κ3) is 3.14. The van der Waals surface area contributed by atoms with Crippen LogP contribution in [0.4, 0.5) is 0 Å². The minimum Gasteiger partial charge on any atom is -0.396 e. The Morgan fingerprint density at radius 1 is 1.40 bits per heavy atom. The fraction of sp³-hybridized carbons (Fsp3) is 1.00. The van der Waals surface area contributed by atoms with Gasteiger partial charge in [0.2, 0.25) is 0 Å². The summed E-state index contributed by atoms with van der Waals surface area (Å²) >= 11 is 0. The maximum Gasteiger partial charge on any atom is 0.0957 e. The van der Waals surface area contributed by atoms with Crippen molar-refractivity contribution in [3.8, 4) is 0 Å². The Hall–Kier alpha value is -0.160. The smallest absolute Gasteiger partial charge is 0.0957 e. The Morgan fingerprint density at radius 3 is 2.53 bits per heavy atom. The van der Waals surface area contributed by atoms with Gasteiger partial charge >= 0.3 is 0 Å². The van der Waals surface area contributed by atoms with Crippen molar-refractivity contribution in [3.05, 3.63) is 0 Å². The number of nitrogens with zero attached hydrogens (tertiary/aromatic N) is 1. The predicted octanol–water partition coefficient (Wildman–Crippen LogP) is 0.227. The van der Waals surface area contributed by atoms with E-state index in [1.165, 1.54) is 0 Å². The monoisotopic (exact) mass is 217 g/mol. The zero-order valence-electron chi connectivity index (χ0n) is 9.89. The van der Waals surface area contributed by atoms with Gasteiger partial charge < -0.3 is 19.8 Å². The first-order chi connectivity index (χ1) is 7.10. The summed E-state index contributed by atoms with van der Waals surface area (Å²) in [7, 11) is 3.95. The largest absolute Gasteiger partial charge is 0.396 e. The van der Waals surface area contributed by atoms with Crippen molar-refractivity contribution in [1.29, 1.82) is 0 Å². The number of likely N-dealkylation sites (N-methyl/N-ethyl adjacent to an activating group) is 1. The Labute approximate surface area is 91.8 Å². The summed E-state index contributed by atoms with van der Waals surface area (Å²) in [5.41, 5.74) is 0. The number of rotatable bonds is 4. The van der Waals surface area contributed by atoms with Crippen molar-refractivity contribution in [1.82, 2.24) is 4.90 Å². The van der Waals surface area contributed by atoms with Gasteiger partial charge in [0.1, 0.15) is 0 Å². The number of aliphatic hydroxyl groups is 2. The van der Waals surface area contributed by atoms with Crippen LogP contribution in [0.25, 0.3) is 0 Å². The second-order valence-electron chi connectivity index (χ2n) is 4.47. The molecule has 0 radical (unpaired) electrons. The summed E-state index contributed by atoms with van der Waals surface area (Å²) in [5, 5.41) is 19.0. The van der Waals surface area contributed by atoms with Gasteiger partial charge in [-0.25, -0.2) is 0 Å². The first kappa shape index (κ1) is 12.9. The van der Waals surface area contributed by atoms with E-state index >= 15 is 0 Å². The van der Waals surface area contributed by atoms with Gasteiger partial charge in [0.15, 0.2) is 0 Å². The molecule has 1 aliphatic rings. The lowest BCUT2D eigenvalue weighted by Gasteiger charge is -2.42. The molecule has 4 heteroatoms. The maximum absolute atomic E-state index is 10.1. The molecular formula is C11H23NO3. The molecule has 0 bridgehead atoms. The molecule has 0 aromatic heterocycles. The molecule has 1 fully saturated rings. The molecule has 1 rings (SSSR count). The topological polar surface area (TPSA) is 52.9 Å². The van der Waals surface area contributed by atoms with Crippen LogP contribution in [0.1, 0.15) is 26.2 Å². The van der Waals surface area contributed by atoms with Crippen LogP contribution in [-0.2, 0) is 4.74 Å². The normalized spacial score (nSPS) is 37.2. The van der Waals surface area contributed by atoms with E-state index in [0.29, 0.717) is 6.42 Å². The van der Waals surface area contributed by atoms with Gasteiger partial charge in [-0.3, -0.25) is 0 Å². The minimum absolute atomic E-state index is 0.0794. The highest BCUT2D eigenvalue weighted by Crippen LogP contribution is 2.26. The molecule has 0 saturated carbocycles. The van der Waals surface area contributed by atoms with Crippen LogP contribution >= 0.6 is 0 Å². The van der Waals surface area contributed by atoms with Gasteiger partial charge in [-0.2, -0.15) is 0 Å². The van der Waals surface area contributed by atoms with Crippen molar-refractivity contribution >= 4 is 0 Å². The maximum atomic E-state index is 10.1. The zero-order chi connectivity index (χ0) is 11.4. The van der Waals surface area contributed by atoms with Crippen LogP contribution in [-0.4, -0.2) is 60.2 Å². The summed E-state index contributed by atoms with van der Waals surface area (Å²) in [4.78, 5) is 2.04. The van der Waals surface area contributed by atoms with E-state index in [0.717, 1.165) is 12.8 Å². The highest BCUT2D eigenvalue weighted by molar-refractivity contribution is 4.89. The van der Waals surface area contributed by atoms with Gasteiger partial charge in [-0.1, -0.05) is 6.92 Å². The molecule has 0 aromatic carbocycles. The minimum atomic E-state index is -0.417. The third-order valence-corrected chi connectivity index (χ3v) is 3.16. The van der Waals surface area contributed by atoms with E-state index in [9.17, 15) is 5.11 Å². The number of ether oxygens (including phenoxy) is 1. The van der Waals surface area contributed by atoms with Gasteiger partial charge in [0.25, 0.3) is 0 Å². The van der Waals surface area contributed by atoms with Crippen LogP contribution in [0.5, 0.6) is 0 Å². The fourth-order valence-electron chi connectivity index (χ4n) is 2.22. The molecule has 90 valence electrons.